The fourth-order valence-corrected chi connectivity index (χ4v) is 2.55. The average molecular weight is 357 g/mol. The van der Waals surface area contributed by atoms with Gasteiger partial charge in [-0.2, -0.15) is 0 Å². The highest BCUT2D eigenvalue weighted by Gasteiger charge is 2.12. The molecule has 0 aliphatic rings. The molecule has 1 aromatic heterocycles. The molecule has 22 heavy (non-hydrogen) atoms. The number of hydrogen-bond donors (Lipinski definition) is 1. The normalized spacial score (nSPS) is 11.4. The molecule has 0 unspecified atom stereocenters. The van der Waals surface area contributed by atoms with Gasteiger partial charge in [-0.3, -0.25) is 9.79 Å². The van der Waals surface area contributed by atoms with Gasteiger partial charge in [0.25, 0.3) is 5.56 Å². The van der Waals surface area contributed by atoms with Crippen LogP contribution in [-0.4, -0.2) is 15.9 Å². The second-order valence-electron chi connectivity index (χ2n) is 4.88. The van der Waals surface area contributed by atoms with E-state index in [0.29, 0.717) is 16.6 Å². The fourth-order valence-electron chi connectivity index (χ4n) is 2.29. The molecule has 0 radical (unpaired) electrons. The van der Waals surface area contributed by atoms with Crippen LogP contribution >= 0.6 is 15.9 Å². The summed E-state index contributed by atoms with van der Waals surface area (Å²) in [5.41, 5.74) is 1.30. The average Bonchev–Trinajstić information content (AvgIpc) is 2.54. The molecule has 0 amide bonds. The van der Waals surface area contributed by atoms with E-state index in [1.807, 2.05) is 36.4 Å². The van der Waals surface area contributed by atoms with Gasteiger partial charge in [0.1, 0.15) is 11.3 Å². The first-order chi connectivity index (χ1) is 10.6. The van der Waals surface area contributed by atoms with Crippen molar-refractivity contribution in [2.24, 2.45) is 12.0 Å². The molecule has 0 saturated heterocycles. The van der Waals surface area contributed by atoms with Crippen LogP contribution in [0.5, 0.6) is 5.75 Å². The van der Waals surface area contributed by atoms with Gasteiger partial charge in [0.2, 0.25) is 0 Å². The Labute approximate surface area is 135 Å². The van der Waals surface area contributed by atoms with Crippen LogP contribution in [0.2, 0.25) is 0 Å². The van der Waals surface area contributed by atoms with Gasteiger partial charge in [-0.15, -0.1) is 0 Å². The van der Waals surface area contributed by atoms with Crippen molar-refractivity contribution in [2.75, 3.05) is 0 Å². The molecule has 0 atom stereocenters. The third kappa shape index (κ3) is 2.55. The first kappa shape index (κ1) is 14.5. The van der Waals surface area contributed by atoms with E-state index < -0.39 is 0 Å². The molecule has 0 aliphatic carbocycles. The first-order valence-corrected chi connectivity index (χ1v) is 7.47. The van der Waals surface area contributed by atoms with E-state index in [4.69, 9.17) is 0 Å². The zero-order valence-corrected chi connectivity index (χ0v) is 13.4. The predicted octanol–water partition coefficient (Wildman–Crippen LogP) is 3.76. The lowest BCUT2D eigenvalue weighted by molar-refractivity contribution is 0.478. The van der Waals surface area contributed by atoms with Crippen LogP contribution in [-0.2, 0) is 7.05 Å². The Morgan fingerprint density at radius 3 is 2.55 bits per heavy atom. The summed E-state index contributed by atoms with van der Waals surface area (Å²) in [6.45, 7) is 0. The van der Waals surface area contributed by atoms with E-state index in [0.717, 1.165) is 4.47 Å². The molecule has 0 spiro atoms. The van der Waals surface area contributed by atoms with Gasteiger partial charge in [0, 0.05) is 23.1 Å². The summed E-state index contributed by atoms with van der Waals surface area (Å²) in [5, 5.41) is 11.0. The molecule has 1 heterocycles. The van der Waals surface area contributed by atoms with Crippen molar-refractivity contribution < 1.29 is 5.11 Å². The summed E-state index contributed by atoms with van der Waals surface area (Å²) in [6, 6.07) is 14.6. The molecule has 3 rings (SSSR count). The Balaban J connectivity index is 2.15. The molecule has 1 N–H and O–H groups in total. The zero-order chi connectivity index (χ0) is 15.7. The van der Waals surface area contributed by atoms with Gasteiger partial charge in [-0.25, -0.2) is 0 Å². The largest absolute Gasteiger partial charge is 0.506 e. The van der Waals surface area contributed by atoms with Crippen LogP contribution in [0.25, 0.3) is 10.9 Å². The number of rotatable bonds is 2. The summed E-state index contributed by atoms with van der Waals surface area (Å²) in [5.74, 6) is -0.0421. The summed E-state index contributed by atoms with van der Waals surface area (Å²) < 4.78 is 2.47. The lowest BCUT2D eigenvalue weighted by atomic mass is 10.1. The first-order valence-electron chi connectivity index (χ1n) is 6.68. The quantitative estimate of drug-likeness (QED) is 0.710. The maximum Gasteiger partial charge on any atom is 0.263 e. The second kappa shape index (κ2) is 5.77. The number of pyridine rings is 1. The minimum Gasteiger partial charge on any atom is -0.506 e. The fraction of sp³-hybridized carbons (Fsp3) is 0.0588. The SMILES string of the molecule is Cn1c(=O)c(C=Nc2ccc(Br)cc2)c(O)c2ccccc21. The van der Waals surface area contributed by atoms with Gasteiger partial charge in [0.05, 0.1) is 11.2 Å². The van der Waals surface area contributed by atoms with E-state index in [2.05, 4.69) is 20.9 Å². The third-order valence-corrected chi connectivity index (χ3v) is 4.01. The molecule has 2 aromatic carbocycles. The number of aromatic nitrogens is 1. The molecule has 0 aliphatic heterocycles. The molecule has 5 heteroatoms. The van der Waals surface area contributed by atoms with E-state index in [1.54, 1.807) is 19.2 Å². The molecule has 0 bridgehead atoms. The lowest BCUT2D eigenvalue weighted by Crippen LogP contribution is -2.21. The van der Waals surface area contributed by atoms with Crippen molar-refractivity contribution in [3.05, 3.63) is 68.9 Å². The molecule has 3 aromatic rings. The molecule has 110 valence electrons. The summed E-state index contributed by atoms with van der Waals surface area (Å²) in [4.78, 5) is 16.7. The van der Waals surface area contributed by atoms with Crippen LogP contribution in [0.1, 0.15) is 5.56 Å². The van der Waals surface area contributed by atoms with Gasteiger partial charge in [-0.05, 0) is 36.4 Å². The predicted molar refractivity (Wildman–Crippen MR) is 92.2 cm³/mol. The van der Waals surface area contributed by atoms with Gasteiger partial charge < -0.3 is 9.67 Å². The lowest BCUT2D eigenvalue weighted by Gasteiger charge is -2.09. The topological polar surface area (TPSA) is 54.6 Å². The Morgan fingerprint density at radius 2 is 1.82 bits per heavy atom. The monoisotopic (exact) mass is 356 g/mol. The standard InChI is InChI=1S/C17H13BrN2O2/c1-20-15-5-3-2-4-13(15)16(21)14(17(20)22)10-19-12-8-6-11(18)7-9-12/h2-10,21H,1H3. The van der Waals surface area contributed by atoms with Crippen molar-refractivity contribution >= 4 is 38.7 Å². The summed E-state index contributed by atoms with van der Waals surface area (Å²) in [7, 11) is 1.68. The number of aryl methyl sites for hydroxylation is 1. The maximum absolute atomic E-state index is 12.4. The Kier molecular flexibility index (Phi) is 3.81. The Morgan fingerprint density at radius 1 is 1.14 bits per heavy atom. The minimum atomic E-state index is -0.280. The Bertz CT molecular complexity index is 928. The second-order valence-corrected chi connectivity index (χ2v) is 5.79. The van der Waals surface area contributed by atoms with Crippen LogP contribution < -0.4 is 5.56 Å². The molecule has 4 nitrogen and oxygen atoms in total. The molecule has 0 fully saturated rings. The van der Waals surface area contributed by atoms with Crippen LogP contribution in [0.4, 0.5) is 5.69 Å². The van der Waals surface area contributed by atoms with Crippen LogP contribution in [0.15, 0.2) is 62.8 Å². The summed E-state index contributed by atoms with van der Waals surface area (Å²) >= 11 is 3.36. The number of aliphatic imine (C=N–C) groups is 1. The highest BCUT2D eigenvalue weighted by Crippen LogP contribution is 2.25. The van der Waals surface area contributed by atoms with Crippen molar-refractivity contribution in [3.63, 3.8) is 0 Å². The maximum atomic E-state index is 12.4. The van der Waals surface area contributed by atoms with Crippen molar-refractivity contribution in [3.8, 4) is 5.75 Å². The smallest absolute Gasteiger partial charge is 0.263 e. The van der Waals surface area contributed by atoms with Gasteiger partial charge >= 0.3 is 0 Å². The van der Waals surface area contributed by atoms with E-state index >= 15 is 0 Å². The highest BCUT2D eigenvalue weighted by molar-refractivity contribution is 9.10. The number of benzene rings is 2. The van der Waals surface area contributed by atoms with Crippen molar-refractivity contribution in [2.45, 2.75) is 0 Å². The number of halogens is 1. The van der Waals surface area contributed by atoms with Crippen molar-refractivity contribution in [1.82, 2.24) is 4.57 Å². The van der Waals surface area contributed by atoms with E-state index in [-0.39, 0.29) is 16.9 Å². The minimum absolute atomic E-state index is 0.0421. The number of aromatic hydroxyl groups is 1. The number of nitrogens with zero attached hydrogens (tertiary/aromatic N) is 2. The summed E-state index contributed by atoms with van der Waals surface area (Å²) in [6.07, 6.45) is 1.41. The number of para-hydroxylation sites is 1. The molecular formula is C17H13BrN2O2. The number of fused-ring (bicyclic) bond motifs is 1. The van der Waals surface area contributed by atoms with Crippen molar-refractivity contribution in [1.29, 1.82) is 0 Å². The van der Waals surface area contributed by atoms with Gasteiger partial charge in [0.15, 0.2) is 0 Å². The van der Waals surface area contributed by atoms with E-state index in [1.165, 1.54) is 10.8 Å². The van der Waals surface area contributed by atoms with Crippen LogP contribution in [0, 0.1) is 0 Å². The third-order valence-electron chi connectivity index (χ3n) is 3.48. The Hall–Kier alpha value is -2.40. The number of hydrogen-bond acceptors (Lipinski definition) is 3. The van der Waals surface area contributed by atoms with E-state index in [9.17, 15) is 9.90 Å². The van der Waals surface area contributed by atoms with Gasteiger partial charge in [-0.1, -0.05) is 28.1 Å². The molecule has 0 saturated carbocycles. The zero-order valence-electron chi connectivity index (χ0n) is 11.8. The molecular weight excluding hydrogens is 344 g/mol. The van der Waals surface area contributed by atoms with Crippen LogP contribution in [0.3, 0.4) is 0 Å². The highest BCUT2D eigenvalue weighted by atomic mass is 79.9.